The Morgan fingerprint density at radius 3 is 2.59 bits per heavy atom. The number of rotatable bonds is 4. The van der Waals surface area contributed by atoms with Crippen molar-refractivity contribution >= 4 is 23.6 Å². The van der Waals surface area contributed by atoms with Crippen LogP contribution in [0, 0.1) is 11.3 Å². The zero-order valence-electron chi connectivity index (χ0n) is 12.1. The second kappa shape index (κ2) is 7.44. The van der Waals surface area contributed by atoms with Crippen LogP contribution < -0.4 is 5.32 Å². The zero-order chi connectivity index (χ0) is 15.9. The first-order valence-electron chi connectivity index (χ1n) is 6.83. The van der Waals surface area contributed by atoms with Gasteiger partial charge in [-0.3, -0.25) is 4.79 Å². The highest BCUT2D eigenvalue weighted by molar-refractivity contribution is 6.30. The van der Waals surface area contributed by atoms with Crippen molar-refractivity contribution in [1.82, 2.24) is 5.32 Å². The molecule has 2 aromatic carbocycles. The normalized spacial score (nSPS) is 12.3. The largest absolute Gasteiger partial charge is 0.345 e. The zero-order valence-corrected chi connectivity index (χ0v) is 12.8. The van der Waals surface area contributed by atoms with Gasteiger partial charge in [0.1, 0.15) is 11.6 Å². The summed E-state index contributed by atoms with van der Waals surface area (Å²) in [5.74, 6) is -0.404. The van der Waals surface area contributed by atoms with E-state index in [9.17, 15) is 10.1 Å². The monoisotopic (exact) mass is 310 g/mol. The summed E-state index contributed by atoms with van der Waals surface area (Å²) >= 11 is 5.90. The first-order chi connectivity index (χ1) is 10.6. The number of nitriles is 1. The molecule has 4 heteroatoms. The third-order valence-electron chi connectivity index (χ3n) is 3.17. The van der Waals surface area contributed by atoms with Crippen LogP contribution in [-0.2, 0) is 4.79 Å². The topological polar surface area (TPSA) is 52.9 Å². The van der Waals surface area contributed by atoms with E-state index in [1.807, 2.05) is 43.3 Å². The molecule has 22 heavy (non-hydrogen) atoms. The van der Waals surface area contributed by atoms with Gasteiger partial charge in [-0.25, -0.2) is 0 Å². The summed E-state index contributed by atoms with van der Waals surface area (Å²) in [5.41, 5.74) is 1.74. The second-order valence-corrected chi connectivity index (χ2v) is 5.27. The molecule has 0 saturated carbocycles. The predicted octanol–water partition coefficient (Wildman–Crippen LogP) is 4.12. The van der Waals surface area contributed by atoms with Crippen LogP contribution in [0.3, 0.4) is 0 Å². The summed E-state index contributed by atoms with van der Waals surface area (Å²) in [6.07, 6.45) is 1.53. The molecule has 0 saturated heterocycles. The molecule has 2 aromatic rings. The number of carbonyl (C=O) groups excluding carboxylic acids is 1. The summed E-state index contributed by atoms with van der Waals surface area (Å²) in [5, 5.41) is 12.6. The minimum Gasteiger partial charge on any atom is -0.345 e. The maximum atomic E-state index is 12.2. The van der Waals surface area contributed by atoms with E-state index in [0.717, 1.165) is 5.56 Å². The molecule has 0 aliphatic carbocycles. The second-order valence-electron chi connectivity index (χ2n) is 4.83. The minimum absolute atomic E-state index is 0.0463. The quantitative estimate of drug-likeness (QED) is 0.682. The number of halogens is 1. The molecular formula is C18H15ClN2O. The van der Waals surface area contributed by atoms with Gasteiger partial charge in [0.2, 0.25) is 0 Å². The average molecular weight is 311 g/mol. The van der Waals surface area contributed by atoms with Gasteiger partial charge in [-0.1, -0.05) is 54.1 Å². The van der Waals surface area contributed by atoms with Crippen LogP contribution in [0.15, 0.2) is 60.2 Å². The Bertz CT molecular complexity index is 732. The van der Waals surface area contributed by atoms with Gasteiger partial charge in [0.15, 0.2) is 0 Å². The number of nitrogens with zero attached hydrogens (tertiary/aromatic N) is 1. The Morgan fingerprint density at radius 1 is 1.23 bits per heavy atom. The molecule has 1 amide bonds. The molecule has 0 aromatic heterocycles. The molecule has 0 bridgehead atoms. The van der Waals surface area contributed by atoms with Crippen LogP contribution in [0.4, 0.5) is 0 Å². The summed E-state index contributed by atoms with van der Waals surface area (Å²) in [4.78, 5) is 12.2. The Hall–Kier alpha value is -2.57. The third-order valence-corrected chi connectivity index (χ3v) is 3.41. The van der Waals surface area contributed by atoms with Crippen molar-refractivity contribution < 1.29 is 4.79 Å². The Morgan fingerprint density at radius 2 is 1.95 bits per heavy atom. The van der Waals surface area contributed by atoms with Gasteiger partial charge in [0, 0.05) is 5.02 Å². The van der Waals surface area contributed by atoms with E-state index < -0.39 is 5.91 Å². The molecule has 0 spiro atoms. The molecule has 0 unspecified atom stereocenters. The van der Waals surface area contributed by atoms with Crippen LogP contribution in [0.5, 0.6) is 0 Å². The third kappa shape index (κ3) is 4.21. The van der Waals surface area contributed by atoms with Crippen molar-refractivity contribution in [3.8, 4) is 6.07 Å². The predicted molar refractivity (Wildman–Crippen MR) is 88.0 cm³/mol. The average Bonchev–Trinajstić information content (AvgIpc) is 2.53. The Balaban J connectivity index is 2.14. The Kier molecular flexibility index (Phi) is 5.35. The Labute approximate surface area is 134 Å². The highest BCUT2D eigenvalue weighted by atomic mass is 35.5. The molecule has 0 aliphatic rings. The molecule has 2 rings (SSSR count). The fourth-order valence-corrected chi connectivity index (χ4v) is 2.21. The SMILES string of the molecule is C[C@H](NC(=O)/C(C#N)=C/c1cccc(Cl)c1)c1ccccc1. The lowest BCUT2D eigenvalue weighted by atomic mass is 10.1. The van der Waals surface area contributed by atoms with Crippen molar-refractivity contribution in [1.29, 1.82) is 5.26 Å². The summed E-state index contributed by atoms with van der Waals surface area (Å²) in [6, 6.07) is 18.3. The van der Waals surface area contributed by atoms with E-state index in [0.29, 0.717) is 10.6 Å². The summed E-state index contributed by atoms with van der Waals surface area (Å²) in [7, 11) is 0. The maximum absolute atomic E-state index is 12.2. The molecule has 1 N–H and O–H groups in total. The van der Waals surface area contributed by atoms with Gasteiger partial charge in [-0.05, 0) is 36.3 Å². The molecule has 1 atom stereocenters. The fraction of sp³-hybridized carbons (Fsp3) is 0.111. The van der Waals surface area contributed by atoms with Crippen LogP contribution in [0.25, 0.3) is 6.08 Å². The van der Waals surface area contributed by atoms with E-state index >= 15 is 0 Å². The number of hydrogen-bond donors (Lipinski definition) is 1. The van der Waals surface area contributed by atoms with E-state index in [1.54, 1.807) is 24.3 Å². The molecule has 110 valence electrons. The van der Waals surface area contributed by atoms with E-state index in [4.69, 9.17) is 11.6 Å². The van der Waals surface area contributed by atoms with Gasteiger partial charge in [0.05, 0.1) is 6.04 Å². The first kappa shape index (κ1) is 15.8. The first-order valence-corrected chi connectivity index (χ1v) is 7.21. The molecule has 3 nitrogen and oxygen atoms in total. The highest BCUT2D eigenvalue weighted by Gasteiger charge is 2.13. The van der Waals surface area contributed by atoms with E-state index in [2.05, 4.69) is 5.32 Å². The van der Waals surface area contributed by atoms with Crippen LogP contribution in [0.2, 0.25) is 5.02 Å². The van der Waals surface area contributed by atoms with Crippen molar-refractivity contribution in [2.24, 2.45) is 0 Å². The van der Waals surface area contributed by atoms with Gasteiger partial charge in [0.25, 0.3) is 5.91 Å². The van der Waals surface area contributed by atoms with Gasteiger partial charge < -0.3 is 5.32 Å². The van der Waals surface area contributed by atoms with Crippen LogP contribution in [0.1, 0.15) is 24.1 Å². The number of nitrogens with one attached hydrogen (secondary N) is 1. The number of amides is 1. The van der Waals surface area contributed by atoms with Gasteiger partial charge >= 0.3 is 0 Å². The van der Waals surface area contributed by atoms with Crippen molar-refractivity contribution in [3.05, 3.63) is 76.3 Å². The lowest BCUT2D eigenvalue weighted by Gasteiger charge is -2.13. The van der Waals surface area contributed by atoms with Crippen molar-refractivity contribution in [2.45, 2.75) is 13.0 Å². The van der Waals surface area contributed by atoms with Gasteiger partial charge in [-0.2, -0.15) is 5.26 Å². The van der Waals surface area contributed by atoms with Crippen LogP contribution >= 0.6 is 11.6 Å². The van der Waals surface area contributed by atoms with Gasteiger partial charge in [-0.15, -0.1) is 0 Å². The molecule has 0 radical (unpaired) electrons. The minimum atomic E-state index is -0.404. The van der Waals surface area contributed by atoms with E-state index in [-0.39, 0.29) is 11.6 Å². The van der Waals surface area contributed by atoms with Crippen LogP contribution in [-0.4, -0.2) is 5.91 Å². The number of hydrogen-bond acceptors (Lipinski definition) is 2. The smallest absolute Gasteiger partial charge is 0.262 e. The fourth-order valence-electron chi connectivity index (χ4n) is 2.01. The lowest BCUT2D eigenvalue weighted by Crippen LogP contribution is -2.27. The number of carbonyl (C=O) groups is 1. The molecule has 0 aliphatic heterocycles. The molecule has 0 heterocycles. The van der Waals surface area contributed by atoms with Crippen molar-refractivity contribution in [3.63, 3.8) is 0 Å². The summed E-state index contributed by atoms with van der Waals surface area (Å²) in [6.45, 7) is 1.88. The number of benzene rings is 2. The molecular weight excluding hydrogens is 296 g/mol. The van der Waals surface area contributed by atoms with E-state index in [1.165, 1.54) is 6.08 Å². The summed E-state index contributed by atoms with van der Waals surface area (Å²) < 4.78 is 0. The highest BCUT2D eigenvalue weighted by Crippen LogP contribution is 2.15. The standard InChI is InChI=1S/C18H15ClN2O/c1-13(15-7-3-2-4-8-15)21-18(22)16(12-20)10-14-6-5-9-17(19)11-14/h2-11,13H,1H3,(H,21,22)/b16-10+/t13-/m0/s1. The van der Waals surface area contributed by atoms with Crippen molar-refractivity contribution in [2.75, 3.05) is 0 Å². The molecule has 0 fully saturated rings. The lowest BCUT2D eigenvalue weighted by molar-refractivity contribution is -0.117. The maximum Gasteiger partial charge on any atom is 0.262 e.